The molecule has 1 aromatic carbocycles. The van der Waals surface area contributed by atoms with Crippen molar-refractivity contribution in [2.45, 2.75) is 19.0 Å². The van der Waals surface area contributed by atoms with Gasteiger partial charge in [0.05, 0.1) is 55.2 Å². The van der Waals surface area contributed by atoms with Crippen molar-refractivity contribution in [3.8, 4) is 17.1 Å². The molecule has 21 heteroatoms. The Morgan fingerprint density at radius 3 is 2.22 bits per heavy atom. The molecule has 2 aliphatic rings. The van der Waals surface area contributed by atoms with Gasteiger partial charge in [-0.05, 0) is 30.3 Å². The normalized spacial score (nSPS) is 16.1. The summed E-state index contributed by atoms with van der Waals surface area (Å²) in [6.45, 7) is 3.47. The van der Waals surface area contributed by atoms with Crippen LogP contribution in [-0.2, 0) is 18.0 Å². The van der Waals surface area contributed by atoms with Crippen LogP contribution in [0.25, 0.3) is 17.1 Å². The Balaban J connectivity index is 0.00000561. The SMILES string of the molecule is Cn1c(-c2cn(-c3ccc(NC(=O)O)nn3)nc2C(F)(F)F)cnc1C(=O)Nc1ccc(C(=O)N2CCN(C(=O)C3CC[N+](C)(C)CC3)CC2)c(Cl)c1.I. The molecule has 2 aliphatic heterocycles. The number of amides is 4. The van der Waals surface area contributed by atoms with Crippen molar-refractivity contribution in [3.63, 3.8) is 0 Å². The van der Waals surface area contributed by atoms with E-state index in [0.717, 1.165) is 52.1 Å². The van der Waals surface area contributed by atoms with Gasteiger partial charge in [0.2, 0.25) is 5.91 Å². The highest BCUT2D eigenvalue weighted by molar-refractivity contribution is 14.0. The standard InChI is InChI=1S/C33H35ClF3N11O5.HI/c1-44-24(22-18-47(43-27(22)33(35,36)37)26-7-6-25(41-42-26)40-32(52)53)17-38-28(44)29(49)39-20-4-5-21(23(34)16-20)31(51)46-12-10-45(11-13-46)30(50)19-8-14-48(2,3)15-9-19;/h4-7,16-19H,8-15H2,1-3H3,(H2-,39,40,41,49,51,52,53);1H/p+1. The maximum Gasteiger partial charge on any atom is 0.435 e. The highest BCUT2D eigenvalue weighted by Gasteiger charge is 2.39. The van der Waals surface area contributed by atoms with E-state index in [1.165, 1.54) is 37.4 Å². The zero-order chi connectivity index (χ0) is 38.2. The number of carbonyl (C=O) groups is 4. The van der Waals surface area contributed by atoms with E-state index in [9.17, 15) is 32.3 Å². The van der Waals surface area contributed by atoms with E-state index in [4.69, 9.17) is 16.7 Å². The first-order valence-corrected chi connectivity index (χ1v) is 16.9. The molecule has 0 atom stereocenters. The van der Waals surface area contributed by atoms with Gasteiger partial charge in [-0.1, -0.05) is 11.6 Å². The minimum Gasteiger partial charge on any atom is -0.465 e. The summed E-state index contributed by atoms with van der Waals surface area (Å²) in [7, 11) is 5.69. The second kappa shape index (κ2) is 15.9. The Labute approximate surface area is 328 Å². The number of likely N-dealkylation sites (tertiary alicyclic amines) is 1. The monoisotopic (exact) mass is 886 g/mol. The van der Waals surface area contributed by atoms with Crippen molar-refractivity contribution >= 4 is 70.9 Å². The topological polar surface area (TPSA) is 180 Å². The number of alkyl halides is 3. The number of quaternary nitrogens is 1. The molecule has 0 saturated carbocycles. The first-order valence-electron chi connectivity index (χ1n) is 16.5. The number of piperazine rings is 1. The molecular weight excluding hydrogens is 850 g/mol. The summed E-state index contributed by atoms with van der Waals surface area (Å²) in [5.74, 6) is -1.44. The average Bonchev–Trinajstić information content (AvgIpc) is 3.72. The van der Waals surface area contributed by atoms with Crippen molar-refractivity contribution in [2.24, 2.45) is 13.0 Å². The van der Waals surface area contributed by atoms with E-state index >= 15 is 0 Å². The third kappa shape index (κ3) is 8.75. The van der Waals surface area contributed by atoms with Crippen LogP contribution in [0.3, 0.4) is 0 Å². The summed E-state index contributed by atoms with van der Waals surface area (Å²) in [5.41, 5.74) is -1.35. The number of benzene rings is 1. The number of aromatic nitrogens is 6. The lowest BCUT2D eigenvalue weighted by Crippen LogP contribution is -2.54. The molecule has 54 heavy (non-hydrogen) atoms. The molecule has 3 aromatic heterocycles. The number of carbonyl (C=O) groups excluding carboxylic acids is 3. The van der Waals surface area contributed by atoms with Crippen LogP contribution in [0.4, 0.5) is 29.5 Å². The van der Waals surface area contributed by atoms with Gasteiger partial charge in [-0.25, -0.2) is 14.5 Å². The Morgan fingerprint density at radius 1 is 0.963 bits per heavy atom. The van der Waals surface area contributed by atoms with Crippen LogP contribution in [0.5, 0.6) is 0 Å². The van der Waals surface area contributed by atoms with Crippen LogP contribution in [0, 0.1) is 5.92 Å². The molecule has 288 valence electrons. The quantitative estimate of drug-likeness (QED) is 0.178. The smallest absolute Gasteiger partial charge is 0.435 e. The summed E-state index contributed by atoms with van der Waals surface area (Å²) in [4.78, 5) is 58.1. The number of anilines is 2. The molecule has 5 heterocycles. The fraction of sp³-hybridized carbons (Fsp3) is 0.394. The first kappa shape index (κ1) is 40.4. The van der Waals surface area contributed by atoms with E-state index in [-0.39, 0.29) is 81.1 Å². The van der Waals surface area contributed by atoms with Crippen molar-refractivity contribution in [1.82, 2.24) is 39.3 Å². The summed E-state index contributed by atoms with van der Waals surface area (Å²) in [6, 6.07) is 6.77. The fourth-order valence-corrected chi connectivity index (χ4v) is 6.67. The van der Waals surface area contributed by atoms with E-state index in [1.54, 1.807) is 4.90 Å². The lowest BCUT2D eigenvalue weighted by Gasteiger charge is -2.40. The summed E-state index contributed by atoms with van der Waals surface area (Å²) in [5, 5.41) is 24.5. The second-order valence-electron chi connectivity index (χ2n) is 13.5. The van der Waals surface area contributed by atoms with Crippen LogP contribution in [0.15, 0.2) is 42.7 Å². The number of halogens is 5. The summed E-state index contributed by atoms with van der Waals surface area (Å²) >= 11 is 6.50. The summed E-state index contributed by atoms with van der Waals surface area (Å²) < 4.78 is 45.2. The van der Waals surface area contributed by atoms with E-state index < -0.39 is 29.4 Å². The molecule has 2 fully saturated rings. The Morgan fingerprint density at radius 2 is 1.63 bits per heavy atom. The molecule has 0 spiro atoms. The minimum absolute atomic E-state index is 0. The third-order valence-corrected chi connectivity index (χ3v) is 9.73. The molecule has 4 aromatic rings. The van der Waals surface area contributed by atoms with Gasteiger partial charge in [0.1, 0.15) is 0 Å². The second-order valence-corrected chi connectivity index (χ2v) is 13.9. The third-order valence-electron chi connectivity index (χ3n) is 9.42. The molecule has 2 saturated heterocycles. The van der Waals surface area contributed by atoms with Gasteiger partial charge < -0.3 is 29.3 Å². The number of carboxylic acid groups (broad SMARTS) is 1. The van der Waals surface area contributed by atoms with Gasteiger partial charge >= 0.3 is 12.3 Å². The highest BCUT2D eigenvalue weighted by atomic mass is 127. The van der Waals surface area contributed by atoms with Crippen LogP contribution < -0.4 is 10.6 Å². The van der Waals surface area contributed by atoms with E-state index in [2.05, 4.69) is 39.7 Å². The van der Waals surface area contributed by atoms with Crippen LogP contribution in [0.1, 0.15) is 39.5 Å². The van der Waals surface area contributed by atoms with E-state index in [1.807, 2.05) is 10.2 Å². The average molecular weight is 887 g/mol. The maximum atomic E-state index is 14.1. The number of piperidine rings is 1. The predicted molar refractivity (Wildman–Crippen MR) is 200 cm³/mol. The highest BCUT2D eigenvalue weighted by Crippen LogP contribution is 2.37. The van der Waals surface area contributed by atoms with Gasteiger partial charge in [-0.2, -0.15) is 18.3 Å². The summed E-state index contributed by atoms with van der Waals surface area (Å²) in [6.07, 6.45) is -2.47. The zero-order valence-corrected chi connectivity index (χ0v) is 32.4. The molecule has 3 N–H and O–H groups in total. The van der Waals surface area contributed by atoms with Gasteiger partial charge in [-0.3, -0.25) is 19.7 Å². The van der Waals surface area contributed by atoms with Crippen LogP contribution in [0.2, 0.25) is 5.02 Å². The largest absolute Gasteiger partial charge is 0.465 e. The zero-order valence-electron chi connectivity index (χ0n) is 29.3. The first-order chi connectivity index (χ1) is 25.0. The number of nitrogens with one attached hydrogen (secondary N) is 2. The molecule has 16 nitrogen and oxygen atoms in total. The Kier molecular flexibility index (Phi) is 11.9. The predicted octanol–water partition coefficient (Wildman–Crippen LogP) is 4.47. The maximum absolute atomic E-state index is 14.1. The van der Waals surface area contributed by atoms with Gasteiger partial charge in [-0.15, -0.1) is 34.2 Å². The van der Waals surface area contributed by atoms with Gasteiger partial charge in [0.25, 0.3) is 11.8 Å². The van der Waals surface area contributed by atoms with Crippen molar-refractivity contribution < 1.29 is 41.9 Å². The molecular formula is C33H37ClF3IN11O5+. The molecule has 0 bridgehead atoms. The lowest BCUT2D eigenvalue weighted by molar-refractivity contribution is -0.895. The number of imidazole rings is 1. The molecule has 4 amide bonds. The molecule has 0 radical (unpaired) electrons. The Hall–Kier alpha value is -4.83. The molecule has 6 rings (SSSR count). The van der Waals surface area contributed by atoms with Gasteiger partial charge in [0, 0.05) is 63.9 Å². The Bertz CT molecular complexity index is 2050. The molecule has 0 unspecified atom stereocenters. The van der Waals surface area contributed by atoms with Crippen molar-refractivity contribution in [2.75, 3.05) is 64.0 Å². The van der Waals surface area contributed by atoms with E-state index in [0.29, 0.717) is 26.2 Å². The van der Waals surface area contributed by atoms with Gasteiger partial charge in [0.15, 0.2) is 23.2 Å². The molecule has 0 aliphatic carbocycles. The number of nitrogens with zero attached hydrogens (tertiary/aromatic N) is 9. The minimum atomic E-state index is -4.90. The number of rotatable bonds is 7. The van der Waals surface area contributed by atoms with Crippen LogP contribution >= 0.6 is 35.6 Å². The van der Waals surface area contributed by atoms with Crippen molar-refractivity contribution in [1.29, 1.82) is 0 Å². The number of hydrogen-bond donors (Lipinski definition) is 3. The lowest BCUT2D eigenvalue weighted by atomic mass is 9.94. The van der Waals surface area contributed by atoms with Crippen molar-refractivity contribution in [3.05, 3.63) is 64.8 Å². The van der Waals surface area contributed by atoms with Crippen LogP contribution in [-0.4, -0.2) is 126 Å². The number of hydrogen-bond acceptors (Lipinski definition) is 8. The fourth-order valence-electron chi connectivity index (χ4n) is 6.41.